The highest BCUT2D eigenvalue weighted by Gasteiger charge is 2.53. The largest absolute Gasteiger partial charge is 0.394 e. The van der Waals surface area contributed by atoms with Gasteiger partial charge < -0.3 is 5.11 Å². The topological polar surface area (TPSA) is 38.7 Å². The Morgan fingerprint density at radius 3 is 2.45 bits per heavy atom. The third-order valence-corrected chi connectivity index (χ3v) is 5.74. The van der Waals surface area contributed by atoms with E-state index < -0.39 is 0 Å². The molecule has 2 atom stereocenters. The van der Waals surface area contributed by atoms with Crippen molar-refractivity contribution >= 4 is 11.8 Å². The van der Waals surface area contributed by atoms with Gasteiger partial charge in [0, 0.05) is 16.1 Å². The minimum Gasteiger partial charge on any atom is -0.394 e. The lowest BCUT2D eigenvalue weighted by atomic mass is 9.67. The molecule has 0 bridgehead atoms. The van der Waals surface area contributed by atoms with Crippen LogP contribution >= 0.6 is 11.8 Å². The van der Waals surface area contributed by atoms with E-state index >= 15 is 0 Å². The van der Waals surface area contributed by atoms with Gasteiger partial charge in [0.25, 0.3) is 0 Å². The summed E-state index contributed by atoms with van der Waals surface area (Å²) in [5, 5.41) is 9.57. The molecule has 4 heteroatoms. The molecule has 1 saturated heterocycles. The van der Waals surface area contributed by atoms with Gasteiger partial charge in [0.05, 0.1) is 6.61 Å². The zero-order valence-electron chi connectivity index (χ0n) is 11.7. The van der Waals surface area contributed by atoms with E-state index in [4.69, 9.17) is 9.78 Å². The minimum atomic E-state index is -0.149. The average Bonchev–Trinajstić information content (AvgIpc) is 2.84. The van der Waals surface area contributed by atoms with Crippen LogP contribution < -0.4 is 0 Å². The molecule has 0 radical (unpaired) electrons. The predicted octanol–water partition coefficient (Wildman–Crippen LogP) is 3.42. The van der Waals surface area contributed by atoms with E-state index in [-0.39, 0.29) is 24.2 Å². The van der Waals surface area contributed by atoms with E-state index in [0.717, 1.165) is 18.6 Å². The highest BCUT2D eigenvalue weighted by Crippen LogP contribution is 2.49. The summed E-state index contributed by atoms with van der Waals surface area (Å²) in [5.74, 6) is 0.889. The van der Waals surface area contributed by atoms with Crippen molar-refractivity contribution < 1.29 is 14.9 Å². The fourth-order valence-electron chi connectivity index (χ4n) is 3.48. The molecule has 2 aliphatic rings. The number of rotatable bonds is 4. The first-order valence-electron chi connectivity index (χ1n) is 7.46. The summed E-state index contributed by atoms with van der Waals surface area (Å²) in [7, 11) is 0. The highest BCUT2D eigenvalue weighted by atomic mass is 32.2. The Hall–Kier alpha value is -0.550. The summed E-state index contributed by atoms with van der Waals surface area (Å²) >= 11 is 1.81. The fourth-order valence-corrected chi connectivity index (χ4v) is 4.56. The zero-order valence-corrected chi connectivity index (χ0v) is 12.5. The van der Waals surface area contributed by atoms with Crippen LogP contribution in [0.4, 0.5) is 0 Å². The number of aliphatic hydroxyl groups is 1. The molecule has 1 saturated carbocycles. The molecule has 1 aromatic rings. The van der Waals surface area contributed by atoms with Gasteiger partial charge in [-0.15, -0.1) is 11.8 Å². The van der Waals surface area contributed by atoms with E-state index in [2.05, 4.69) is 24.3 Å². The minimum absolute atomic E-state index is 0.0226. The zero-order chi connectivity index (χ0) is 13.8. The summed E-state index contributed by atoms with van der Waals surface area (Å²) in [6, 6.07) is 10.4. The quantitative estimate of drug-likeness (QED) is 0.682. The normalized spacial score (nSPS) is 28.9. The molecule has 1 heterocycles. The molecule has 1 spiro atoms. The van der Waals surface area contributed by atoms with Gasteiger partial charge in [-0.1, -0.05) is 37.5 Å². The van der Waals surface area contributed by atoms with Crippen LogP contribution in [0.5, 0.6) is 0 Å². The van der Waals surface area contributed by atoms with E-state index in [1.165, 1.54) is 24.2 Å². The molecule has 0 aromatic heterocycles. The van der Waals surface area contributed by atoms with E-state index in [9.17, 15) is 5.11 Å². The van der Waals surface area contributed by atoms with Gasteiger partial charge in [-0.3, -0.25) is 0 Å². The predicted molar refractivity (Wildman–Crippen MR) is 79.5 cm³/mol. The molecule has 20 heavy (non-hydrogen) atoms. The number of benzene rings is 1. The second kappa shape index (κ2) is 6.48. The fraction of sp³-hybridized carbons (Fsp3) is 0.625. The van der Waals surface area contributed by atoms with Gasteiger partial charge in [0.15, 0.2) is 0 Å². The Bertz CT molecular complexity index is 417. The van der Waals surface area contributed by atoms with Crippen molar-refractivity contribution in [2.45, 2.75) is 49.2 Å². The maximum atomic E-state index is 9.57. The molecule has 1 N–H and O–H groups in total. The Morgan fingerprint density at radius 1 is 1.05 bits per heavy atom. The maximum Gasteiger partial charge on any atom is 0.124 e. The molecule has 3 rings (SSSR count). The molecule has 0 unspecified atom stereocenters. The monoisotopic (exact) mass is 294 g/mol. The van der Waals surface area contributed by atoms with Gasteiger partial charge in [0.2, 0.25) is 0 Å². The third-order valence-electron chi connectivity index (χ3n) is 4.67. The number of hydrogen-bond donors (Lipinski definition) is 1. The number of aliphatic hydroxyl groups excluding tert-OH is 1. The van der Waals surface area contributed by atoms with Crippen LogP contribution in [0.3, 0.4) is 0 Å². The molecule has 1 aliphatic carbocycles. The summed E-state index contributed by atoms with van der Waals surface area (Å²) in [4.78, 5) is 12.3. The first-order valence-corrected chi connectivity index (χ1v) is 8.44. The molecule has 0 amide bonds. The van der Waals surface area contributed by atoms with Crippen molar-refractivity contribution in [2.75, 3.05) is 12.4 Å². The van der Waals surface area contributed by atoms with Crippen molar-refractivity contribution in [3.8, 4) is 0 Å². The first kappa shape index (κ1) is 14.4. The lowest BCUT2D eigenvalue weighted by molar-refractivity contribution is -0.296. The average molecular weight is 294 g/mol. The third kappa shape index (κ3) is 2.75. The smallest absolute Gasteiger partial charge is 0.124 e. The van der Waals surface area contributed by atoms with Crippen LogP contribution in [-0.2, 0) is 9.78 Å². The van der Waals surface area contributed by atoms with E-state index in [0.29, 0.717) is 0 Å². The maximum absolute atomic E-state index is 9.57. The molecule has 2 fully saturated rings. The van der Waals surface area contributed by atoms with Crippen molar-refractivity contribution in [2.24, 2.45) is 5.41 Å². The molecular weight excluding hydrogens is 272 g/mol. The number of thioether (sulfide) groups is 1. The molecule has 1 aliphatic heterocycles. The molecular formula is C16H22O3S. The van der Waals surface area contributed by atoms with Crippen LogP contribution in [-0.4, -0.2) is 29.7 Å². The van der Waals surface area contributed by atoms with Crippen molar-refractivity contribution in [3.05, 3.63) is 30.3 Å². The van der Waals surface area contributed by atoms with Gasteiger partial charge in [0.1, 0.15) is 12.2 Å². The second-order valence-electron chi connectivity index (χ2n) is 5.77. The van der Waals surface area contributed by atoms with Crippen molar-refractivity contribution in [1.82, 2.24) is 0 Å². The van der Waals surface area contributed by atoms with Crippen LogP contribution in [0.2, 0.25) is 0 Å². The van der Waals surface area contributed by atoms with Crippen molar-refractivity contribution in [1.29, 1.82) is 0 Å². The Balaban J connectivity index is 1.68. The van der Waals surface area contributed by atoms with E-state index in [1.807, 2.05) is 17.8 Å². The lowest BCUT2D eigenvalue weighted by Crippen LogP contribution is -2.43. The standard InChI is InChI=1S/C16H22O3S/c17-11-14-16(9-5-2-6-10-16)15(19-18-14)12-20-13-7-3-1-4-8-13/h1,3-4,7-8,14-15,17H,2,5-6,9-12H2/t14-,15+/m1/s1. The summed E-state index contributed by atoms with van der Waals surface area (Å²) in [6.07, 6.45) is 5.88. The molecule has 1 aromatic carbocycles. The summed E-state index contributed by atoms with van der Waals surface area (Å²) in [5.41, 5.74) is 0.0226. The van der Waals surface area contributed by atoms with Gasteiger partial charge in [-0.25, -0.2) is 9.78 Å². The SMILES string of the molecule is OC[C@H]1OO[C@@H](CSc2ccccc2)C12CCCCC2. The molecule has 110 valence electrons. The Morgan fingerprint density at radius 2 is 1.75 bits per heavy atom. The van der Waals surface area contributed by atoms with Crippen LogP contribution in [0.15, 0.2) is 35.2 Å². The first-order chi connectivity index (χ1) is 9.85. The number of hydrogen-bond acceptors (Lipinski definition) is 4. The van der Waals surface area contributed by atoms with Gasteiger partial charge in [-0.05, 0) is 25.0 Å². The van der Waals surface area contributed by atoms with Gasteiger partial charge >= 0.3 is 0 Å². The second-order valence-corrected chi connectivity index (χ2v) is 6.86. The lowest BCUT2D eigenvalue weighted by Gasteiger charge is -2.38. The summed E-state index contributed by atoms with van der Waals surface area (Å²) < 4.78 is 0. The highest BCUT2D eigenvalue weighted by molar-refractivity contribution is 7.99. The summed E-state index contributed by atoms with van der Waals surface area (Å²) in [6.45, 7) is 0.0620. The van der Waals surface area contributed by atoms with Gasteiger partial charge in [-0.2, -0.15) is 0 Å². The van der Waals surface area contributed by atoms with Crippen LogP contribution in [0.1, 0.15) is 32.1 Å². The molecule has 3 nitrogen and oxygen atoms in total. The Kier molecular flexibility index (Phi) is 4.66. The van der Waals surface area contributed by atoms with Crippen molar-refractivity contribution in [3.63, 3.8) is 0 Å². The Labute approximate surface area is 124 Å². The van der Waals surface area contributed by atoms with Crippen LogP contribution in [0.25, 0.3) is 0 Å². The van der Waals surface area contributed by atoms with Crippen LogP contribution in [0, 0.1) is 5.41 Å². The van der Waals surface area contributed by atoms with E-state index in [1.54, 1.807) is 0 Å².